The second-order valence-corrected chi connectivity index (χ2v) is 4.71. The molecule has 1 heteroatoms. The molecule has 0 heterocycles. The summed E-state index contributed by atoms with van der Waals surface area (Å²) in [6.45, 7) is 0. The monoisotopic (exact) mass is 252 g/mol. The maximum Gasteiger partial charge on any atom is 0.0724 e. The van der Waals surface area contributed by atoms with Gasteiger partial charge in [0.15, 0.2) is 0 Å². The van der Waals surface area contributed by atoms with E-state index in [2.05, 4.69) is 24.3 Å². The molecule has 1 unspecified atom stereocenters. The van der Waals surface area contributed by atoms with Crippen LogP contribution < -0.4 is 0 Å². The average molecular weight is 252 g/mol. The van der Waals surface area contributed by atoms with Crippen LogP contribution in [0.3, 0.4) is 0 Å². The van der Waals surface area contributed by atoms with Gasteiger partial charge in [-0.15, -0.1) is 0 Å². The van der Waals surface area contributed by atoms with Crippen molar-refractivity contribution in [2.24, 2.45) is 0 Å². The van der Waals surface area contributed by atoms with E-state index in [1.165, 1.54) is 11.1 Å². The fourth-order valence-electron chi connectivity index (χ4n) is 2.03. The Balaban J connectivity index is 1.74. The molecule has 0 aliphatic heterocycles. The topological polar surface area (TPSA) is 20.2 Å². The highest BCUT2D eigenvalue weighted by molar-refractivity contribution is 5.18. The van der Waals surface area contributed by atoms with E-state index < -0.39 is 0 Å². The smallest absolute Gasteiger partial charge is 0.0724 e. The predicted molar refractivity (Wildman–Crippen MR) is 80.1 cm³/mol. The predicted octanol–water partition coefficient (Wildman–Crippen LogP) is 3.78. The Hall–Kier alpha value is -1.86. The lowest BCUT2D eigenvalue weighted by atomic mass is 10.1. The molecule has 0 bridgehead atoms. The third kappa shape index (κ3) is 5.11. The first-order valence-corrected chi connectivity index (χ1v) is 6.77. The Morgan fingerprint density at radius 1 is 0.842 bits per heavy atom. The molecule has 0 aromatic heterocycles. The first-order valence-electron chi connectivity index (χ1n) is 6.77. The number of benzene rings is 2. The molecule has 0 saturated carbocycles. The maximum absolute atomic E-state index is 9.90. The minimum Gasteiger partial charge on any atom is -0.389 e. The van der Waals surface area contributed by atoms with E-state index in [-0.39, 0.29) is 6.10 Å². The number of rotatable bonds is 6. The van der Waals surface area contributed by atoms with E-state index in [0.29, 0.717) is 0 Å². The molecule has 0 radical (unpaired) electrons. The summed E-state index contributed by atoms with van der Waals surface area (Å²) in [6, 6.07) is 20.6. The summed E-state index contributed by atoms with van der Waals surface area (Å²) < 4.78 is 0. The Labute approximate surface area is 115 Å². The number of allylic oxidation sites excluding steroid dienone is 1. The molecule has 0 spiro atoms. The van der Waals surface area contributed by atoms with E-state index >= 15 is 0 Å². The molecule has 1 nitrogen and oxygen atoms in total. The number of aryl methyl sites for hydroxylation is 1. The lowest BCUT2D eigenvalue weighted by molar-refractivity contribution is 0.213. The molecular formula is C18H20O. The van der Waals surface area contributed by atoms with Crippen molar-refractivity contribution in [3.05, 3.63) is 83.9 Å². The van der Waals surface area contributed by atoms with Crippen LogP contribution in [0.1, 0.15) is 17.5 Å². The summed E-state index contributed by atoms with van der Waals surface area (Å²) in [5, 5.41) is 9.90. The van der Waals surface area contributed by atoms with Gasteiger partial charge in [-0.3, -0.25) is 0 Å². The van der Waals surface area contributed by atoms with Crippen molar-refractivity contribution in [2.75, 3.05) is 0 Å². The fraction of sp³-hybridized carbons (Fsp3) is 0.222. The normalized spacial score (nSPS) is 12.7. The van der Waals surface area contributed by atoms with Gasteiger partial charge in [-0.1, -0.05) is 72.8 Å². The summed E-state index contributed by atoms with van der Waals surface area (Å²) >= 11 is 0. The molecule has 98 valence electrons. The molecule has 0 amide bonds. The lowest BCUT2D eigenvalue weighted by Crippen LogP contribution is -2.04. The van der Waals surface area contributed by atoms with Gasteiger partial charge in [-0.2, -0.15) is 0 Å². The molecule has 2 aromatic carbocycles. The summed E-state index contributed by atoms with van der Waals surface area (Å²) in [5.41, 5.74) is 2.55. The van der Waals surface area contributed by atoms with E-state index in [9.17, 15) is 5.11 Å². The Kier molecular flexibility index (Phi) is 5.39. The SMILES string of the molecule is OC(/C=C\Cc1ccccc1)CCc1ccccc1. The zero-order valence-corrected chi connectivity index (χ0v) is 11.1. The number of aliphatic hydroxyl groups excluding tert-OH is 1. The Morgan fingerprint density at radius 2 is 1.42 bits per heavy atom. The van der Waals surface area contributed by atoms with Crippen LogP contribution in [0.4, 0.5) is 0 Å². The molecule has 2 aromatic rings. The number of hydrogen-bond donors (Lipinski definition) is 1. The molecule has 19 heavy (non-hydrogen) atoms. The molecule has 0 aliphatic carbocycles. The van der Waals surface area contributed by atoms with Gasteiger partial charge >= 0.3 is 0 Å². The van der Waals surface area contributed by atoms with Crippen molar-refractivity contribution in [1.29, 1.82) is 0 Å². The minimum atomic E-state index is -0.357. The molecular weight excluding hydrogens is 232 g/mol. The Bertz CT molecular complexity index is 488. The highest BCUT2D eigenvalue weighted by Gasteiger charge is 1.99. The van der Waals surface area contributed by atoms with Crippen molar-refractivity contribution < 1.29 is 5.11 Å². The zero-order valence-electron chi connectivity index (χ0n) is 11.1. The average Bonchev–Trinajstić information content (AvgIpc) is 2.47. The van der Waals surface area contributed by atoms with E-state index in [4.69, 9.17) is 0 Å². The first-order chi connectivity index (χ1) is 9.34. The van der Waals surface area contributed by atoms with Crippen LogP contribution in [0.15, 0.2) is 72.8 Å². The summed E-state index contributed by atoms with van der Waals surface area (Å²) in [5.74, 6) is 0. The highest BCUT2D eigenvalue weighted by atomic mass is 16.3. The second kappa shape index (κ2) is 7.55. The highest BCUT2D eigenvalue weighted by Crippen LogP contribution is 2.06. The van der Waals surface area contributed by atoms with Gasteiger partial charge in [0.05, 0.1) is 6.10 Å². The van der Waals surface area contributed by atoms with E-state index in [0.717, 1.165) is 19.3 Å². The number of hydrogen-bond acceptors (Lipinski definition) is 1. The summed E-state index contributed by atoms with van der Waals surface area (Å²) in [7, 11) is 0. The maximum atomic E-state index is 9.90. The van der Waals surface area contributed by atoms with Crippen LogP contribution in [-0.4, -0.2) is 11.2 Å². The van der Waals surface area contributed by atoms with Gasteiger partial charge in [0, 0.05) is 0 Å². The molecule has 0 saturated heterocycles. The van der Waals surface area contributed by atoms with Crippen molar-refractivity contribution in [3.63, 3.8) is 0 Å². The third-order valence-corrected chi connectivity index (χ3v) is 3.13. The molecule has 2 rings (SSSR count). The largest absolute Gasteiger partial charge is 0.389 e. The van der Waals surface area contributed by atoms with Crippen molar-refractivity contribution in [2.45, 2.75) is 25.4 Å². The van der Waals surface area contributed by atoms with Gasteiger partial charge in [0.25, 0.3) is 0 Å². The van der Waals surface area contributed by atoms with Gasteiger partial charge < -0.3 is 5.11 Å². The molecule has 1 atom stereocenters. The standard InChI is InChI=1S/C18H20O/c19-18(15-14-17-10-5-2-6-11-17)13-7-12-16-8-3-1-4-9-16/h1-11,13,18-19H,12,14-15H2/b13-7-. The van der Waals surface area contributed by atoms with Gasteiger partial charge in [0.1, 0.15) is 0 Å². The number of aliphatic hydroxyl groups is 1. The van der Waals surface area contributed by atoms with Crippen LogP contribution in [0.5, 0.6) is 0 Å². The molecule has 1 N–H and O–H groups in total. The third-order valence-electron chi connectivity index (χ3n) is 3.13. The zero-order chi connectivity index (χ0) is 13.3. The fourth-order valence-corrected chi connectivity index (χ4v) is 2.03. The molecule has 0 aliphatic rings. The van der Waals surface area contributed by atoms with Crippen LogP contribution in [0.2, 0.25) is 0 Å². The first kappa shape index (κ1) is 13.6. The second-order valence-electron chi connectivity index (χ2n) is 4.71. The van der Waals surface area contributed by atoms with Crippen LogP contribution in [0.25, 0.3) is 0 Å². The summed E-state index contributed by atoms with van der Waals surface area (Å²) in [6.07, 6.45) is 6.15. The summed E-state index contributed by atoms with van der Waals surface area (Å²) in [4.78, 5) is 0. The lowest BCUT2D eigenvalue weighted by Gasteiger charge is -2.05. The van der Waals surface area contributed by atoms with Crippen LogP contribution >= 0.6 is 0 Å². The quantitative estimate of drug-likeness (QED) is 0.776. The minimum absolute atomic E-state index is 0.357. The Morgan fingerprint density at radius 3 is 2.05 bits per heavy atom. The van der Waals surface area contributed by atoms with E-state index in [1.54, 1.807) is 0 Å². The van der Waals surface area contributed by atoms with Crippen molar-refractivity contribution >= 4 is 0 Å². The van der Waals surface area contributed by atoms with Gasteiger partial charge in [-0.25, -0.2) is 0 Å². The van der Waals surface area contributed by atoms with Crippen LogP contribution in [-0.2, 0) is 12.8 Å². The van der Waals surface area contributed by atoms with Crippen molar-refractivity contribution in [3.8, 4) is 0 Å². The van der Waals surface area contributed by atoms with E-state index in [1.807, 2.05) is 48.6 Å². The van der Waals surface area contributed by atoms with Crippen molar-refractivity contribution in [1.82, 2.24) is 0 Å². The van der Waals surface area contributed by atoms with Gasteiger partial charge in [-0.05, 0) is 30.4 Å². The van der Waals surface area contributed by atoms with Crippen LogP contribution in [0, 0.1) is 0 Å². The molecule has 0 fully saturated rings. The van der Waals surface area contributed by atoms with Gasteiger partial charge in [0.2, 0.25) is 0 Å².